The number of nitrogens with zero attached hydrogens (tertiary/aromatic N) is 1. The Bertz CT molecular complexity index is 980. The van der Waals surface area contributed by atoms with E-state index in [2.05, 4.69) is 16.4 Å². The lowest BCUT2D eigenvalue weighted by molar-refractivity contribution is -0.134. The lowest BCUT2D eigenvalue weighted by atomic mass is 10.1. The Morgan fingerprint density at radius 1 is 1.14 bits per heavy atom. The summed E-state index contributed by atoms with van der Waals surface area (Å²) in [6, 6.07) is 15.3. The minimum Gasteiger partial charge on any atom is -0.497 e. The molecule has 0 bridgehead atoms. The number of carbonyl (C=O) groups excluding carboxylic acids is 2. The SMILES string of the molecule is CCN(CC(=O)Nc1cccc(OC)c1)C(=O)CCCc1c[nH]c2ccccc12. The number of aryl methyl sites for hydroxylation is 1. The Balaban J connectivity index is 1.49. The Hall–Kier alpha value is -3.28. The van der Waals surface area contributed by atoms with E-state index in [-0.39, 0.29) is 18.4 Å². The van der Waals surface area contributed by atoms with Crippen LogP contribution >= 0.6 is 0 Å². The van der Waals surface area contributed by atoms with Crippen molar-refractivity contribution in [3.63, 3.8) is 0 Å². The lowest BCUT2D eigenvalue weighted by Gasteiger charge is -2.20. The molecule has 3 aromatic rings. The molecule has 0 saturated heterocycles. The van der Waals surface area contributed by atoms with Crippen molar-refractivity contribution in [2.75, 3.05) is 25.5 Å². The number of anilines is 1. The second-order valence-corrected chi connectivity index (χ2v) is 6.90. The van der Waals surface area contributed by atoms with Gasteiger partial charge in [0.1, 0.15) is 5.75 Å². The molecule has 0 spiro atoms. The highest BCUT2D eigenvalue weighted by Gasteiger charge is 2.16. The van der Waals surface area contributed by atoms with Crippen molar-refractivity contribution < 1.29 is 14.3 Å². The van der Waals surface area contributed by atoms with Gasteiger partial charge in [0.25, 0.3) is 0 Å². The first kappa shape index (κ1) is 20.5. The first-order chi connectivity index (χ1) is 14.1. The second-order valence-electron chi connectivity index (χ2n) is 6.90. The molecule has 2 N–H and O–H groups in total. The van der Waals surface area contributed by atoms with E-state index in [1.165, 1.54) is 10.9 Å². The highest BCUT2D eigenvalue weighted by atomic mass is 16.5. The van der Waals surface area contributed by atoms with Crippen LogP contribution in [-0.4, -0.2) is 41.9 Å². The molecule has 152 valence electrons. The number of nitrogens with one attached hydrogen (secondary N) is 2. The van der Waals surface area contributed by atoms with Gasteiger partial charge in [-0.05, 0) is 43.5 Å². The first-order valence-corrected chi connectivity index (χ1v) is 9.87. The summed E-state index contributed by atoms with van der Waals surface area (Å²) < 4.78 is 5.16. The Morgan fingerprint density at radius 2 is 1.97 bits per heavy atom. The monoisotopic (exact) mass is 393 g/mol. The molecule has 2 aromatic carbocycles. The fraction of sp³-hybridized carbons (Fsp3) is 0.304. The van der Waals surface area contributed by atoms with Crippen LogP contribution in [0.2, 0.25) is 0 Å². The normalized spacial score (nSPS) is 10.7. The lowest BCUT2D eigenvalue weighted by Crippen LogP contribution is -2.37. The van der Waals surface area contributed by atoms with E-state index in [0.717, 1.165) is 18.4 Å². The van der Waals surface area contributed by atoms with Gasteiger partial charge >= 0.3 is 0 Å². The minimum absolute atomic E-state index is 0.00636. The number of likely N-dealkylation sites (N-methyl/N-ethyl adjacent to an activating group) is 1. The quantitative estimate of drug-likeness (QED) is 0.577. The molecule has 2 amide bonds. The van der Waals surface area contributed by atoms with Gasteiger partial charge in [-0.3, -0.25) is 9.59 Å². The van der Waals surface area contributed by atoms with Crippen LogP contribution in [0.5, 0.6) is 5.75 Å². The van der Waals surface area contributed by atoms with Crippen LogP contribution < -0.4 is 10.1 Å². The molecule has 0 atom stereocenters. The molecule has 0 fully saturated rings. The maximum atomic E-state index is 12.6. The molecule has 6 nitrogen and oxygen atoms in total. The predicted molar refractivity (Wildman–Crippen MR) is 115 cm³/mol. The van der Waals surface area contributed by atoms with Crippen molar-refractivity contribution in [1.82, 2.24) is 9.88 Å². The molecule has 0 saturated carbocycles. The van der Waals surface area contributed by atoms with E-state index < -0.39 is 0 Å². The maximum Gasteiger partial charge on any atom is 0.243 e. The Labute approximate surface area is 170 Å². The third-order valence-electron chi connectivity index (χ3n) is 4.93. The molecule has 0 radical (unpaired) electrons. The van der Waals surface area contributed by atoms with Crippen molar-refractivity contribution in [1.29, 1.82) is 0 Å². The van der Waals surface area contributed by atoms with E-state index in [1.807, 2.05) is 43.5 Å². The van der Waals surface area contributed by atoms with Gasteiger partial charge in [0.05, 0.1) is 13.7 Å². The predicted octanol–water partition coefficient (Wildman–Crippen LogP) is 3.99. The van der Waals surface area contributed by atoms with Crippen molar-refractivity contribution in [2.24, 2.45) is 0 Å². The van der Waals surface area contributed by atoms with E-state index in [4.69, 9.17) is 4.74 Å². The zero-order chi connectivity index (χ0) is 20.6. The fourth-order valence-corrected chi connectivity index (χ4v) is 3.38. The summed E-state index contributed by atoms with van der Waals surface area (Å²) in [6.45, 7) is 2.42. The molecular formula is C23H27N3O3. The van der Waals surface area contributed by atoms with Crippen LogP contribution in [0, 0.1) is 0 Å². The molecule has 3 rings (SSSR count). The van der Waals surface area contributed by atoms with Gasteiger partial charge in [-0.1, -0.05) is 24.3 Å². The van der Waals surface area contributed by atoms with Gasteiger partial charge in [0.15, 0.2) is 0 Å². The average molecular weight is 393 g/mol. The standard InChI is InChI=1S/C23H27N3O3/c1-3-26(16-22(27)25-18-9-7-10-19(14-18)29-2)23(28)13-6-8-17-15-24-21-12-5-4-11-20(17)21/h4-5,7,9-12,14-15,24H,3,6,8,13,16H2,1-2H3,(H,25,27). The van der Waals surface area contributed by atoms with Crippen molar-refractivity contribution in [2.45, 2.75) is 26.2 Å². The van der Waals surface area contributed by atoms with Gasteiger partial charge in [-0.2, -0.15) is 0 Å². The minimum atomic E-state index is -0.218. The third kappa shape index (κ3) is 5.38. The van der Waals surface area contributed by atoms with Gasteiger partial charge < -0.3 is 19.9 Å². The number of hydrogen-bond acceptors (Lipinski definition) is 3. The highest BCUT2D eigenvalue weighted by Crippen LogP contribution is 2.20. The number of aromatic amines is 1. The molecule has 29 heavy (non-hydrogen) atoms. The van der Waals surface area contributed by atoms with Crippen molar-refractivity contribution in [3.8, 4) is 5.75 Å². The average Bonchev–Trinajstić information content (AvgIpc) is 3.15. The van der Waals surface area contributed by atoms with Crippen LogP contribution in [0.3, 0.4) is 0 Å². The number of para-hydroxylation sites is 1. The van der Waals surface area contributed by atoms with Gasteiger partial charge in [0.2, 0.25) is 11.8 Å². The fourth-order valence-electron chi connectivity index (χ4n) is 3.38. The second kappa shape index (κ2) is 9.78. The zero-order valence-corrected chi connectivity index (χ0v) is 16.9. The van der Waals surface area contributed by atoms with Crippen molar-refractivity contribution >= 4 is 28.4 Å². The third-order valence-corrected chi connectivity index (χ3v) is 4.93. The number of carbonyl (C=O) groups is 2. The molecule has 1 aromatic heterocycles. The van der Waals surface area contributed by atoms with E-state index in [9.17, 15) is 9.59 Å². The smallest absolute Gasteiger partial charge is 0.243 e. The number of methoxy groups -OCH3 is 1. The van der Waals surface area contributed by atoms with Gasteiger partial charge in [-0.25, -0.2) is 0 Å². The summed E-state index contributed by atoms with van der Waals surface area (Å²) in [5, 5.41) is 4.02. The number of aromatic nitrogens is 1. The molecule has 0 aliphatic carbocycles. The molecule has 1 heterocycles. The number of rotatable bonds is 9. The zero-order valence-electron chi connectivity index (χ0n) is 16.9. The number of ether oxygens (including phenoxy) is 1. The van der Waals surface area contributed by atoms with Gasteiger partial charge in [0, 0.05) is 41.8 Å². The van der Waals surface area contributed by atoms with E-state index in [1.54, 1.807) is 24.1 Å². The number of H-pyrrole nitrogens is 1. The topological polar surface area (TPSA) is 74.4 Å². The maximum absolute atomic E-state index is 12.6. The largest absolute Gasteiger partial charge is 0.497 e. The Kier molecular flexibility index (Phi) is 6.89. The van der Waals surface area contributed by atoms with Crippen LogP contribution in [0.1, 0.15) is 25.3 Å². The number of amides is 2. The number of benzene rings is 2. The summed E-state index contributed by atoms with van der Waals surface area (Å²) in [4.78, 5) is 29.8. The molecule has 6 heteroatoms. The summed E-state index contributed by atoms with van der Waals surface area (Å²) in [5.41, 5.74) is 2.97. The van der Waals surface area contributed by atoms with Crippen LogP contribution in [-0.2, 0) is 16.0 Å². The van der Waals surface area contributed by atoms with Gasteiger partial charge in [-0.15, -0.1) is 0 Å². The first-order valence-electron chi connectivity index (χ1n) is 9.87. The van der Waals surface area contributed by atoms with E-state index >= 15 is 0 Å². The van der Waals surface area contributed by atoms with E-state index in [0.29, 0.717) is 24.4 Å². The van der Waals surface area contributed by atoms with Crippen molar-refractivity contribution in [3.05, 3.63) is 60.3 Å². The van der Waals surface area contributed by atoms with Crippen LogP contribution in [0.15, 0.2) is 54.7 Å². The molecule has 0 unspecified atom stereocenters. The highest BCUT2D eigenvalue weighted by molar-refractivity contribution is 5.94. The summed E-state index contributed by atoms with van der Waals surface area (Å²) in [5.74, 6) is 0.446. The number of hydrogen-bond donors (Lipinski definition) is 2. The Morgan fingerprint density at radius 3 is 2.76 bits per heavy atom. The van der Waals surface area contributed by atoms with Crippen LogP contribution in [0.4, 0.5) is 5.69 Å². The molecule has 0 aliphatic rings. The summed E-state index contributed by atoms with van der Waals surface area (Å²) in [6.07, 6.45) is 3.99. The molecular weight excluding hydrogens is 366 g/mol. The summed E-state index contributed by atoms with van der Waals surface area (Å²) in [7, 11) is 1.58. The number of fused-ring (bicyclic) bond motifs is 1. The van der Waals surface area contributed by atoms with Crippen LogP contribution in [0.25, 0.3) is 10.9 Å². The molecule has 0 aliphatic heterocycles. The summed E-state index contributed by atoms with van der Waals surface area (Å²) >= 11 is 0.